The van der Waals surface area contributed by atoms with E-state index in [-0.39, 0.29) is 24.0 Å². The summed E-state index contributed by atoms with van der Waals surface area (Å²) in [5.41, 5.74) is 7.67. The van der Waals surface area contributed by atoms with Crippen LogP contribution in [-0.2, 0) is 11.2 Å². The Labute approximate surface area is 172 Å². The van der Waals surface area contributed by atoms with Crippen molar-refractivity contribution >= 4 is 28.9 Å². The summed E-state index contributed by atoms with van der Waals surface area (Å²) < 4.78 is 33.3. The lowest BCUT2D eigenvalue weighted by molar-refractivity contribution is -0.116. The highest BCUT2D eigenvalue weighted by molar-refractivity contribution is 6.33. The van der Waals surface area contributed by atoms with Crippen molar-refractivity contribution in [2.45, 2.75) is 31.2 Å². The molecule has 0 radical (unpaired) electrons. The molecule has 0 bridgehead atoms. The summed E-state index contributed by atoms with van der Waals surface area (Å²) in [6.07, 6.45) is 2.07. The summed E-state index contributed by atoms with van der Waals surface area (Å²) in [6, 6.07) is 7.26. The fourth-order valence-electron chi connectivity index (χ4n) is 3.86. The minimum absolute atomic E-state index is 0.198. The fraction of sp³-hybridized carbons (Fsp3) is 0.381. The molecule has 2 aliphatic rings. The molecule has 2 aromatic carbocycles. The molecule has 1 saturated heterocycles. The van der Waals surface area contributed by atoms with Crippen molar-refractivity contribution in [3.05, 3.63) is 52.6 Å². The van der Waals surface area contributed by atoms with Gasteiger partial charge in [-0.1, -0.05) is 11.6 Å². The zero-order valence-electron chi connectivity index (χ0n) is 15.8. The molecule has 8 heteroatoms. The smallest absolute Gasteiger partial charge is 0.224 e. The standard InChI is InChI=1S/C21H22ClF2N3O2/c22-15-11-13(23)1-4-17(15)27-9-7-21(25,8-10-27)12-29-18-5-3-16(24)20-14(18)2-6-19(28)26-20/h1,3-5,11H,2,6-10,12,25H2,(H,26,28). The van der Waals surface area contributed by atoms with Gasteiger partial charge in [0.1, 0.15) is 24.0 Å². The first-order chi connectivity index (χ1) is 13.8. The Morgan fingerprint density at radius 1 is 1.17 bits per heavy atom. The molecule has 0 unspecified atom stereocenters. The van der Waals surface area contributed by atoms with Gasteiger partial charge in [-0.25, -0.2) is 8.78 Å². The van der Waals surface area contributed by atoms with Gasteiger partial charge >= 0.3 is 0 Å². The third-order valence-corrected chi connectivity index (χ3v) is 5.91. The lowest BCUT2D eigenvalue weighted by Gasteiger charge is -2.40. The predicted octanol–water partition coefficient (Wildman–Crippen LogP) is 3.88. The van der Waals surface area contributed by atoms with Gasteiger partial charge in [0.25, 0.3) is 0 Å². The minimum Gasteiger partial charge on any atom is -0.491 e. The van der Waals surface area contributed by atoms with Crippen LogP contribution in [0.5, 0.6) is 5.75 Å². The average molecular weight is 422 g/mol. The Morgan fingerprint density at radius 2 is 1.93 bits per heavy atom. The van der Waals surface area contributed by atoms with E-state index in [4.69, 9.17) is 22.1 Å². The Bertz CT molecular complexity index is 946. The number of amides is 1. The van der Waals surface area contributed by atoms with Crippen LogP contribution in [0.1, 0.15) is 24.8 Å². The molecular formula is C21H22ClF2N3O2. The zero-order chi connectivity index (χ0) is 20.6. The number of nitrogens with one attached hydrogen (secondary N) is 1. The van der Waals surface area contributed by atoms with Crippen molar-refractivity contribution < 1.29 is 18.3 Å². The van der Waals surface area contributed by atoms with E-state index >= 15 is 0 Å². The zero-order valence-corrected chi connectivity index (χ0v) is 16.6. The molecule has 29 heavy (non-hydrogen) atoms. The van der Waals surface area contributed by atoms with Crippen LogP contribution in [0.3, 0.4) is 0 Å². The number of anilines is 2. The van der Waals surface area contributed by atoms with Crippen LogP contribution in [0.25, 0.3) is 0 Å². The van der Waals surface area contributed by atoms with Gasteiger partial charge in [-0.3, -0.25) is 4.79 Å². The van der Waals surface area contributed by atoms with Crippen molar-refractivity contribution in [2.24, 2.45) is 5.73 Å². The molecule has 2 aromatic rings. The van der Waals surface area contributed by atoms with E-state index in [1.54, 1.807) is 12.1 Å². The molecular weight excluding hydrogens is 400 g/mol. The molecule has 1 amide bonds. The summed E-state index contributed by atoms with van der Waals surface area (Å²) in [6.45, 7) is 1.62. The first-order valence-corrected chi connectivity index (χ1v) is 9.95. The van der Waals surface area contributed by atoms with E-state index in [0.29, 0.717) is 55.1 Å². The Kier molecular flexibility index (Phi) is 5.36. The van der Waals surface area contributed by atoms with Crippen molar-refractivity contribution in [1.82, 2.24) is 0 Å². The first kappa shape index (κ1) is 19.9. The third-order valence-electron chi connectivity index (χ3n) is 5.61. The van der Waals surface area contributed by atoms with Crippen LogP contribution in [0.2, 0.25) is 5.02 Å². The second kappa shape index (κ2) is 7.80. The number of nitrogens with zero attached hydrogens (tertiary/aromatic N) is 1. The fourth-order valence-corrected chi connectivity index (χ4v) is 4.14. The van der Waals surface area contributed by atoms with Crippen LogP contribution < -0.4 is 20.7 Å². The number of carbonyl (C=O) groups excluding carboxylic acids is 1. The normalized spacial score (nSPS) is 18.2. The molecule has 5 nitrogen and oxygen atoms in total. The van der Waals surface area contributed by atoms with Crippen LogP contribution in [0.4, 0.5) is 20.2 Å². The monoisotopic (exact) mass is 421 g/mol. The lowest BCUT2D eigenvalue weighted by Crippen LogP contribution is -2.54. The van der Waals surface area contributed by atoms with E-state index in [9.17, 15) is 13.6 Å². The highest BCUT2D eigenvalue weighted by atomic mass is 35.5. The molecule has 0 atom stereocenters. The van der Waals surface area contributed by atoms with E-state index < -0.39 is 11.4 Å². The number of carbonyl (C=O) groups is 1. The maximum atomic E-state index is 14.0. The van der Waals surface area contributed by atoms with Crippen molar-refractivity contribution in [2.75, 3.05) is 29.9 Å². The highest BCUT2D eigenvalue weighted by Crippen LogP contribution is 2.35. The summed E-state index contributed by atoms with van der Waals surface area (Å²) >= 11 is 6.17. The number of nitrogens with two attached hydrogens (primary N) is 1. The molecule has 0 saturated carbocycles. The van der Waals surface area contributed by atoms with Crippen LogP contribution in [0.15, 0.2) is 30.3 Å². The maximum Gasteiger partial charge on any atom is 0.224 e. The van der Waals surface area contributed by atoms with Crippen LogP contribution >= 0.6 is 11.6 Å². The topological polar surface area (TPSA) is 67.6 Å². The number of hydrogen-bond donors (Lipinski definition) is 2. The van der Waals surface area contributed by atoms with Crippen molar-refractivity contribution in [1.29, 1.82) is 0 Å². The molecule has 0 spiro atoms. The molecule has 0 aromatic heterocycles. The summed E-state index contributed by atoms with van der Waals surface area (Å²) in [5.74, 6) is -0.477. The van der Waals surface area contributed by atoms with Crippen LogP contribution in [0, 0.1) is 11.6 Å². The minimum atomic E-state index is -0.539. The van der Waals surface area contributed by atoms with Crippen LogP contribution in [-0.4, -0.2) is 31.1 Å². The van der Waals surface area contributed by atoms with Gasteiger partial charge in [-0.2, -0.15) is 0 Å². The van der Waals surface area contributed by atoms with E-state index in [2.05, 4.69) is 10.2 Å². The summed E-state index contributed by atoms with van der Waals surface area (Å²) in [5, 5.41) is 2.96. The summed E-state index contributed by atoms with van der Waals surface area (Å²) in [7, 11) is 0. The first-order valence-electron chi connectivity index (χ1n) is 9.58. The maximum absolute atomic E-state index is 14.0. The second-order valence-corrected chi connectivity index (χ2v) is 8.09. The Balaban J connectivity index is 1.41. The molecule has 3 N–H and O–H groups in total. The number of benzene rings is 2. The lowest BCUT2D eigenvalue weighted by atomic mass is 9.89. The molecule has 2 aliphatic heterocycles. The predicted molar refractivity (Wildman–Crippen MR) is 109 cm³/mol. The largest absolute Gasteiger partial charge is 0.491 e. The third kappa shape index (κ3) is 4.16. The van der Waals surface area contributed by atoms with E-state index in [0.717, 1.165) is 5.69 Å². The van der Waals surface area contributed by atoms with Gasteiger partial charge in [0.15, 0.2) is 0 Å². The quantitative estimate of drug-likeness (QED) is 0.786. The SMILES string of the molecule is NC1(COc2ccc(F)c3c2CCC(=O)N3)CCN(c2ccc(F)cc2Cl)CC1. The number of ether oxygens (including phenoxy) is 1. The number of piperidine rings is 1. The number of halogens is 3. The molecule has 0 aliphatic carbocycles. The van der Waals surface area contributed by atoms with E-state index in [1.165, 1.54) is 18.2 Å². The van der Waals surface area contributed by atoms with Crippen molar-refractivity contribution in [3.8, 4) is 5.75 Å². The number of hydrogen-bond acceptors (Lipinski definition) is 4. The van der Waals surface area contributed by atoms with Gasteiger partial charge in [0, 0.05) is 25.1 Å². The van der Waals surface area contributed by atoms with Gasteiger partial charge in [-0.15, -0.1) is 0 Å². The number of rotatable bonds is 4. The van der Waals surface area contributed by atoms with E-state index in [1.807, 2.05) is 0 Å². The van der Waals surface area contributed by atoms with Gasteiger partial charge < -0.3 is 20.7 Å². The Hall–Kier alpha value is -2.38. The Morgan fingerprint density at radius 3 is 2.66 bits per heavy atom. The van der Waals surface area contributed by atoms with Gasteiger partial charge in [0.2, 0.25) is 5.91 Å². The van der Waals surface area contributed by atoms with Gasteiger partial charge in [0.05, 0.1) is 21.9 Å². The average Bonchev–Trinajstić information content (AvgIpc) is 2.69. The highest BCUT2D eigenvalue weighted by Gasteiger charge is 2.33. The molecule has 154 valence electrons. The molecule has 2 heterocycles. The second-order valence-electron chi connectivity index (χ2n) is 7.68. The molecule has 1 fully saturated rings. The van der Waals surface area contributed by atoms with Gasteiger partial charge in [-0.05, 0) is 49.6 Å². The molecule has 4 rings (SSSR count). The van der Waals surface area contributed by atoms with Crippen molar-refractivity contribution in [3.63, 3.8) is 0 Å². The number of fused-ring (bicyclic) bond motifs is 1. The summed E-state index contributed by atoms with van der Waals surface area (Å²) in [4.78, 5) is 13.6.